The molecule has 1 aromatic rings. The van der Waals surface area contributed by atoms with Crippen LogP contribution in [0.4, 0.5) is 0 Å². The lowest BCUT2D eigenvalue weighted by atomic mass is 10.0. The fourth-order valence-electron chi connectivity index (χ4n) is 2.14. The number of hydrogen-bond donors (Lipinski definition) is 4. The van der Waals surface area contributed by atoms with E-state index in [0.717, 1.165) is 12.1 Å². The summed E-state index contributed by atoms with van der Waals surface area (Å²) in [4.78, 5) is 29.6. The molecule has 0 aromatic carbocycles. The number of imidazole rings is 1. The average molecular weight is 310 g/mol. The Hall–Kier alpha value is -1.89. The van der Waals surface area contributed by atoms with Crippen LogP contribution in [0.25, 0.3) is 0 Å². The molecule has 0 unspecified atom stereocenters. The number of hydrogen-bond acceptors (Lipinski definition) is 4. The molecule has 1 rings (SSSR count). The van der Waals surface area contributed by atoms with Crippen LogP contribution in [0.1, 0.15) is 38.8 Å². The zero-order chi connectivity index (χ0) is 16.4. The highest BCUT2D eigenvalue weighted by molar-refractivity contribution is 5.81. The topological polar surface area (TPSA) is 107 Å². The molecule has 1 aromatic heterocycles. The molecule has 7 heteroatoms. The Labute approximate surface area is 130 Å². The van der Waals surface area contributed by atoms with Gasteiger partial charge in [0.15, 0.2) is 0 Å². The largest absolute Gasteiger partial charge is 0.481 e. The van der Waals surface area contributed by atoms with Gasteiger partial charge in [-0.3, -0.25) is 9.59 Å². The van der Waals surface area contributed by atoms with Gasteiger partial charge in [0.25, 0.3) is 0 Å². The van der Waals surface area contributed by atoms with Crippen molar-refractivity contribution in [2.24, 2.45) is 5.92 Å². The second-order valence-electron chi connectivity index (χ2n) is 5.75. The van der Waals surface area contributed by atoms with Crippen molar-refractivity contribution in [3.05, 3.63) is 18.2 Å². The molecule has 1 amide bonds. The lowest BCUT2D eigenvalue weighted by molar-refractivity contribution is -0.137. The first-order chi connectivity index (χ1) is 10.5. The van der Waals surface area contributed by atoms with Crippen LogP contribution in [0.3, 0.4) is 0 Å². The van der Waals surface area contributed by atoms with Crippen LogP contribution in [0.2, 0.25) is 0 Å². The van der Waals surface area contributed by atoms with Crippen LogP contribution in [0, 0.1) is 5.92 Å². The molecule has 1 heterocycles. The van der Waals surface area contributed by atoms with Crippen LogP contribution in [0.15, 0.2) is 12.5 Å². The summed E-state index contributed by atoms with van der Waals surface area (Å²) >= 11 is 0. The van der Waals surface area contributed by atoms with E-state index in [0.29, 0.717) is 31.8 Å². The van der Waals surface area contributed by atoms with Crippen molar-refractivity contribution in [3.63, 3.8) is 0 Å². The summed E-state index contributed by atoms with van der Waals surface area (Å²) in [5.74, 6) is -0.468. The number of carbonyl (C=O) groups is 2. The summed E-state index contributed by atoms with van der Waals surface area (Å²) in [5, 5.41) is 14.7. The van der Waals surface area contributed by atoms with Crippen LogP contribution in [-0.4, -0.2) is 46.1 Å². The van der Waals surface area contributed by atoms with E-state index in [-0.39, 0.29) is 18.4 Å². The average Bonchev–Trinajstić information content (AvgIpc) is 2.94. The molecule has 0 bridgehead atoms. The highest BCUT2D eigenvalue weighted by Gasteiger charge is 2.18. The highest BCUT2D eigenvalue weighted by Crippen LogP contribution is 2.05. The number of H-pyrrole nitrogens is 1. The minimum Gasteiger partial charge on any atom is -0.481 e. The zero-order valence-electron chi connectivity index (χ0n) is 13.3. The molecule has 0 aliphatic heterocycles. The van der Waals surface area contributed by atoms with Crippen LogP contribution in [0.5, 0.6) is 0 Å². The third-order valence-electron chi connectivity index (χ3n) is 3.23. The number of nitrogens with zero attached hydrogens (tertiary/aromatic N) is 1. The van der Waals surface area contributed by atoms with E-state index in [1.807, 2.05) is 0 Å². The minimum atomic E-state index is -0.814. The Kier molecular flexibility index (Phi) is 8.21. The first-order valence-electron chi connectivity index (χ1n) is 7.69. The molecule has 0 aliphatic rings. The van der Waals surface area contributed by atoms with Gasteiger partial charge in [0.2, 0.25) is 5.91 Å². The van der Waals surface area contributed by atoms with E-state index < -0.39 is 5.97 Å². The predicted molar refractivity (Wildman–Crippen MR) is 83.4 cm³/mol. The van der Waals surface area contributed by atoms with Gasteiger partial charge in [-0.25, -0.2) is 4.98 Å². The van der Waals surface area contributed by atoms with Gasteiger partial charge in [-0.15, -0.1) is 0 Å². The number of carboxylic acids is 1. The maximum Gasteiger partial charge on any atom is 0.303 e. The summed E-state index contributed by atoms with van der Waals surface area (Å²) < 4.78 is 0. The van der Waals surface area contributed by atoms with Crippen molar-refractivity contribution in [2.45, 2.75) is 45.6 Å². The first-order valence-corrected chi connectivity index (χ1v) is 7.69. The SMILES string of the molecule is CC(C)C[C@H](NCCCC(=O)O)C(=O)NCCc1cnc[nH]1. The highest BCUT2D eigenvalue weighted by atomic mass is 16.4. The number of amides is 1. The smallest absolute Gasteiger partial charge is 0.303 e. The second kappa shape index (κ2) is 9.94. The Morgan fingerprint density at radius 2 is 2.14 bits per heavy atom. The Balaban J connectivity index is 2.33. The molecule has 22 heavy (non-hydrogen) atoms. The minimum absolute atomic E-state index is 0.0384. The molecule has 0 saturated heterocycles. The van der Waals surface area contributed by atoms with E-state index in [9.17, 15) is 9.59 Å². The predicted octanol–water partition coefficient (Wildman–Crippen LogP) is 0.938. The van der Waals surface area contributed by atoms with Gasteiger partial charge in [0, 0.05) is 31.3 Å². The van der Waals surface area contributed by atoms with Crippen molar-refractivity contribution < 1.29 is 14.7 Å². The zero-order valence-corrected chi connectivity index (χ0v) is 13.3. The van der Waals surface area contributed by atoms with E-state index in [1.165, 1.54) is 0 Å². The lowest BCUT2D eigenvalue weighted by Crippen LogP contribution is -2.45. The molecule has 0 saturated carbocycles. The van der Waals surface area contributed by atoms with Gasteiger partial charge < -0.3 is 20.7 Å². The molecule has 1 atom stereocenters. The summed E-state index contributed by atoms with van der Waals surface area (Å²) in [6.45, 7) is 5.19. The summed E-state index contributed by atoms with van der Waals surface area (Å²) in [6.07, 6.45) is 5.42. The van der Waals surface area contributed by atoms with Gasteiger partial charge in [-0.1, -0.05) is 13.8 Å². The maximum absolute atomic E-state index is 12.2. The van der Waals surface area contributed by atoms with Gasteiger partial charge in [-0.2, -0.15) is 0 Å². The van der Waals surface area contributed by atoms with Crippen LogP contribution < -0.4 is 10.6 Å². The van der Waals surface area contributed by atoms with Crippen LogP contribution >= 0.6 is 0 Å². The van der Waals surface area contributed by atoms with Crippen molar-refractivity contribution >= 4 is 11.9 Å². The van der Waals surface area contributed by atoms with Gasteiger partial charge >= 0.3 is 5.97 Å². The summed E-state index contributed by atoms with van der Waals surface area (Å²) in [7, 11) is 0. The monoisotopic (exact) mass is 310 g/mol. The Morgan fingerprint density at radius 3 is 2.73 bits per heavy atom. The third-order valence-corrected chi connectivity index (χ3v) is 3.23. The standard InChI is InChI=1S/C15H26N4O3/c1-11(2)8-13(17-6-3-4-14(20)21)15(22)18-7-5-12-9-16-10-19-12/h9-11,13,17H,3-8H2,1-2H3,(H,16,19)(H,18,22)(H,20,21)/t13-/m0/s1. The number of aromatic nitrogens is 2. The molecule has 4 N–H and O–H groups in total. The number of carbonyl (C=O) groups excluding carboxylic acids is 1. The fraction of sp³-hybridized carbons (Fsp3) is 0.667. The van der Waals surface area contributed by atoms with E-state index in [1.54, 1.807) is 12.5 Å². The molecule has 0 radical (unpaired) electrons. The summed E-state index contributed by atoms with van der Waals surface area (Å²) in [6, 6.07) is -0.282. The number of nitrogens with one attached hydrogen (secondary N) is 3. The third kappa shape index (κ3) is 7.78. The van der Waals surface area contributed by atoms with Crippen molar-refractivity contribution in [1.29, 1.82) is 0 Å². The fourth-order valence-corrected chi connectivity index (χ4v) is 2.14. The first kappa shape index (κ1) is 18.2. The number of aliphatic carboxylic acids is 1. The van der Waals surface area contributed by atoms with Crippen molar-refractivity contribution in [2.75, 3.05) is 13.1 Å². The molecule has 7 nitrogen and oxygen atoms in total. The maximum atomic E-state index is 12.2. The van der Waals surface area contributed by atoms with Gasteiger partial charge in [-0.05, 0) is 25.3 Å². The Morgan fingerprint density at radius 1 is 1.36 bits per heavy atom. The van der Waals surface area contributed by atoms with E-state index >= 15 is 0 Å². The lowest BCUT2D eigenvalue weighted by Gasteiger charge is -2.20. The molecule has 0 fully saturated rings. The molecular weight excluding hydrogens is 284 g/mol. The molecular formula is C15H26N4O3. The van der Waals surface area contributed by atoms with Gasteiger partial charge in [0.1, 0.15) is 0 Å². The Bertz CT molecular complexity index is 446. The molecule has 0 aliphatic carbocycles. The summed E-state index contributed by atoms with van der Waals surface area (Å²) in [5.41, 5.74) is 0.982. The van der Waals surface area contributed by atoms with Gasteiger partial charge in [0.05, 0.1) is 12.4 Å². The van der Waals surface area contributed by atoms with Crippen LogP contribution in [-0.2, 0) is 16.0 Å². The van der Waals surface area contributed by atoms with E-state index in [2.05, 4.69) is 34.4 Å². The normalized spacial score (nSPS) is 12.3. The number of carboxylic acid groups (broad SMARTS) is 1. The number of rotatable bonds is 11. The molecule has 124 valence electrons. The van der Waals surface area contributed by atoms with Crippen molar-refractivity contribution in [3.8, 4) is 0 Å². The van der Waals surface area contributed by atoms with Crippen molar-refractivity contribution in [1.82, 2.24) is 20.6 Å². The second-order valence-corrected chi connectivity index (χ2v) is 5.75. The van der Waals surface area contributed by atoms with E-state index in [4.69, 9.17) is 5.11 Å². The number of aromatic amines is 1. The quantitative estimate of drug-likeness (QED) is 0.455. The molecule has 0 spiro atoms.